The fraction of sp³-hybridized carbons (Fsp3) is 0.765. The van der Waals surface area contributed by atoms with Gasteiger partial charge in [0.25, 0.3) is 0 Å². The molecular weight excluding hydrogens is 292 g/mol. The molecule has 6 nitrogen and oxygen atoms in total. The van der Waals surface area contributed by atoms with E-state index in [1.54, 1.807) is 0 Å². The number of carbonyl (C=O) groups excluding carboxylic acids is 1. The zero-order valence-electron chi connectivity index (χ0n) is 14.9. The van der Waals surface area contributed by atoms with Crippen molar-refractivity contribution in [3.63, 3.8) is 0 Å². The second-order valence-corrected chi connectivity index (χ2v) is 6.52. The maximum atomic E-state index is 12.4. The molecule has 0 bridgehead atoms. The molecule has 0 aliphatic carbocycles. The van der Waals surface area contributed by atoms with E-state index in [0.717, 1.165) is 50.4 Å². The van der Waals surface area contributed by atoms with Crippen molar-refractivity contribution in [1.82, 2.24) is 19.6 Å². The van der Waals surface area contributed by atoms with Gasteiger partial charge in [-0.1, -0.05) is 6.92 Å². The number of carbonyl (C=O) groups is 1. The van der Waals surface area contributed by atoms with E-state index in [1.165, 1.54) is 5.56 Å². The normalized spacial score (nSPS) is 17.5. The molecule has 1 saturated heterocycles. The second kappa shape index (κ2) is 7.93. The molecule has 6 heteroatoms. The Labute approximate surface area is 139 Å². The summed E-state index contributed by atoms with van der Waals surface area (Å²) in [6, 6.07) is 0. The maximum absolute atomic E-state index is 12.4. The number of piperazine rings is 1. The van der Waals surface area contributed by atoms with Gasteiger partial charge in [-0.3, -0.25) is 14.4 Å². The molecule has 1 aromatic heterocycles. The van der Waals surface area contributed by atoms with E-state index in [4.69, 9.17) is 0 Å². The van der Waals surface area contributed by atoms with Crippen LogP contribution >= 0.6 is 0 Å². The number of aryl methyl sites for hydroxylation is 2. The summed E-state index contributed by atoms with van der Waals surface area (Å²) < 4.78 is 1.88. The van der Waals surface area contributed by atoms with Gasteiger partial charge in [-0.25, -0.2) is 0 Å². The van der Waals surface area contributed by atoms with E-state index in [2.05, 4.69) is 16.9 Å². The number of hydrogen-bond acceptors (Lipinski definition) is 4. The molecule has 0 aromatic carbocycles. The van der Waals surface area contributed by atoms with Crippen LogP contribution < -0.4 is 0 Å². The number of hydrogen-bond donors (Lipinski definition) is 1. The fourth-order valence-electron chi connectivity index (χ4n) is 3.18. The first-order chi connectivity index (χ1) is 10.9. The molecular formula is C17H30N4O2. The molecule has 0 saturated carbocycles. The van der Waals surface area contributed by atoms with Gasteiger partial charge in [-0.05, 0) is 32.3 Å². The van der Waals surface area contributed by atoms with Crippen molar-refractivity contribution >= 4 is 5.91 Å². The highest BCUT2D eigenvalue weighted by Crippen LogP contribution is 2.15. The summed E-state index contributed by atoms with van der Waals surface area (Å²) >= 11 is 0. The van der Waals surface area contributed by atoms with Crippen LogP contribution in [0.3, 0.4) is 0 Å². The van der Waals surface area contributed by atoms with Gasteiger partial charge in [0.15, 0.2) is 0 Å². The third-order valence-electron chi connectivity index (χ3n) is 4.91. The van der Waals surface area contributed by atoms with Gasteiger partial charge < -0.3 is 10.0 Å². The lowest BCUT2D eigenvalue weighted by molar-refractivity contribution is -0.133. The average molecular weight is 322 g/mol. The van der Waals surface area contributed by atoms with Gasteiger partial charge in [-0.2, -0.15) is 5.10 Å². The van der Waals surface area contributed by atoms with Crippen molar-refractivity contribution in [2.75, 3.05) is 32.7 Å². The van der Waals surface area contributed by atoms with Crippen LogP contribution in [0.2, 0.25) is 0 Å². The van der Waals surface area contributed by atoms with E-state index >= 15 is 0 Å². The number of aliphatic hydroxyl groups excluding tert-OH is 1. The second-order valence-electron chi connectivity index (χ2n) is 6.52. The van der Waals surface area contributed by atoms with Gasteiger partial charge in [0.1, 0.15) is 0 Å². The first-order valence-corrected chi connectivity index (χ1v) is 8.59. The summed E-state index contributed by atoms with van der Waals surface area (Å²) in [5.74, 6) is 0.225. The van der Waals surface area contributed by atoms with E-state index in [1.807, 2.05) is 30.5 Å². The summed E-state index contributed by atoms with van der Waals surface area (Å²) in [4.78, 5) is 16.6. The Balaban J connectivity index is 1.79. The Kier molecular flexibility index (Phi) is 6.18. The molecule has 2 rings (SSSR count). The van der Waals surface area contributed by atoms with Crippen LogP contribution in [0.15, 0.2) is 0 Å². The maximum Gasteiger partial charge on any atom is 0.222 e. The molecule has 1 N–H and O–H groups in total. The highest BCUT2D eigenvalue weighted by Gasteiger charge is 2.22. The van der Waals surface area contributed by atoms with Crippen molar-refractivity contribution in [1.29, 1.82) is 0 Å². The Bertz CT molecular complexity index is 533. The minimum absolute atomic E-state index is 0.225. The lowest BCUT2D eigenvalue weighted by Crippen LogP contribution is -2.50. The molecule has 23 heavy (non-hydrogen) atoms. The summed E-state index contributed by atoms with van der Waals surface area (Å²) in [6.45, 7) is 10.0. The monoisotopic (exact) mass is 322 g/mol. The smallest absolute Gasteiger partial charge is 0.222 e. The zero-order valence-corrected chi connectivity index (χ0v) is 14.9. The van der Waals surface area contributed by atoms with Crippen LogP contribution in [0.4, 0.5) is 0 Å². The minimum Gasteiger partial charge on any atom is -0.392 e. The summed E-state index contributed by atoms with van der Waals surface area (Å²) in [6.07, 6.45) is 1.83. The quantitative estimate of drug-likeness (QED) is 0.845. The van der Waals surface area contributed by atoms with Gasteiger partial charge in [0, 0.05) is 51.9 Å². The predicted octanol–water partition coefficient (Wildman–Crippen LogP) is 0.885. The number of rotatable bonds is 6. The van der Waals surface area contributed by atoms with E-state index in [0.29, 0.717) is 13.0 Å². The molecule has 1 aliphatic heterocycles. The lowest BCUT2D eigenvalue weighted by atomic mass is 10.1. The lowest BCUT2D eigenvalue weighted by Gasteiger charge is -2.35. The van der Waals surface area contributed by atoms with E-state index in [9.17, 15) is 9.90 Å². The zero-order chi connectivity index (χ0) is 17.0. The van der Waals surface area contributed by atoms with Crippen molar-refractivity contribution < 1.29 is 9.90 Å². The highest BCUT2D eigenvalue weighted by atomic mass is 16.3. The van der Waals surface area contributed by atoms with Crippen LogP contribution in [0.1, 0.15) is 36.7 Å². The molecule has 0 spiro atoms. The van der Waals surface area contributed by atoms with Crippen LogP contribution in [0, 0.1) is 13.8 Å². The first kappa shape index (κ1) is 17.9. The molecule has 1 aliphatic rings. The Hall–Kier alpha value is -1.40. The number of aromatic nitrogens is 2. The number of β-amino-alcohol motifs (C(OH)–C–C–N with tert-alkyl or cyclic N) is 1. The Morgan fingerprint density at radius 2 is 1.91 bits per heavy atom. The van der Waals surface area contributed by atoms with Crippen molar-refractivity contribution in [2.24, 2.45) is 7.05 Å². The standard InChI is InChI=1S/C17H30N4O2/c1-5-15(22)12-20-8-10-21(11-9-20)17(23)7-6-16-13(2)18-19(4)14(16)3/h15,22H,5-12H2,1-4H3. The van der Waals surface area contributed by atoms with Crippen molar-refractivity contribution in [2.45, 2.75) is 46.1 Å². The fourth-order valence-corrected chi connectivity index (χ4v) is 3.18. The minimum atomic E-state index is -0.256. The van der Waals surface area contributed by atoms with Crippen LogP contribution in [-0.2, 0) is 18.3 Å². The van der Waals surface area contributed by atoms with Crippen LogP contribution in [0.5, 0.6) is 0 Å². The largest absolute Gasteiger partial charge is 0.392 e. The molecule has 130 valence electrons. The molecule has 1 amide bonds. The van der Waals surface area contributed by atoms with E-state index < -0.39 is 0 Å². The number of aliphatic hydroxyl groups is 1. The van der Waals surface area contributed by atoms with Gasteiger partial charge in [-0.15, -0.1) is 0 Å². The molecule has 1 atom stereocenters. The first-order valence-electron chi connectivity index (χ1n) is 8.59. The molecule has 1 unspecified atom stereocenters. The highest BCUT2D eigenvalue weighted by molar-refractivity contribution is 5.76. The van der Waals surface area contributed by atoms with Crippen LogP contribution in [-0.4, -0.2) is 69.4 Å². The predicted molar refractivity (Wildman–Crippen MR) is 90.3 cm³/mol. The summed E-state index contributed by atoms with van der Waals surface area (Å²) in [7, 11) is 1.94. The van der Waals surface area contributed by atoms with Crippen molar-refractivity contribution in [3.05, 3.63) is 17.0 Å². The number of amides is 1. The third-order valence-corrected chi connectivity index (χ3v) is 4.91. The third kappa shape index (κ3) is 4.54. The molecule has 1 aromatic rings. The molecule has 0 radical (unpaired) electrons. The van der Waals surface area contributed by atoms with Crippen molar-refractivity contribution in [3.8, 4) is 0 Å². The summed E-state index contributed by atoms with van der Waals surface area (Å²) in [5, 5.41) is 14.1. The van der Waals surface area contributed by atoms with Gasteiger partial charge in [0.2, 0.25) is 5.91 Å². The Morgan fingerprint density at radius 1 is 1.26 bits per heavy atom. The van der Waals surface area contributed by atoms with E-state index in [-0.39, 0.29) is 12.0 Å². The van der Waals surface area contributed by atoms with Crippen LogP contribution in [0.25, 0.3) is 0 Å². The molecule has 2 heterocycles. The Morgan fingerprint density at radius 3 is 2.43 bits per heavy atom. The van der Waals surface area contributed by atoms with Gasteiger partial charge in [0.05, 0.1) is 11.8 Å². The topological polar surface area (TPSA) is 61.6 Å². The summed E-state index contributed by atoms with van der Waals surface area (Å²) in [5.41, 5.74) is 3.37. The van der Waals surface area contributed by atoms with Gasteiger partial charge >= 0.3 is 0 Å². The SMILES string of the molecule is CCC(O)CN1CCN(C(=O)CCc2c(C)nn(C)c2C)CC1. The average Bonchev–Trinajstić information content (AvgIpc) is 2.78. The number of nitrogens with zero attached hydrogens (tertiary/aromatic N) is 4. The molecule has 1 fully saturated rings.